The minimum absolute atomic E-state index is 0.232. The molecule has 4 nitrogen and oxygen atoms in total. The molecule has 0 radical (unpaired) electrons. The number of fused-ring (bicyclic) bond motifs is 1. The van der Waals surface area contributed by atoms with Crippen LogP contribution in [0.5, 0.6) is 0 Å². The van der Waals surface area contributed by atoms with Gasteiger partial charge in [0.15, 0.2) is 0 Å². The topological polar surface area (TPSA) is 50.3 Å². The highest BCUT2D eigenvalue weighted by atomic mass is 32.2. The van der Waals surface area contributed by atoms with Gasteiger partial charge in [0.25, 0.3) is 0 Å². The van der Waals surface area contributed by atoms with Gasteiger partial charge in [0.2, 0.25) is 10.0 Å². The fraction of sp³-hybridized carbons (Fsp3) is 0.643. The van der Waals surface area contributed by atoms with E-state index in [1.54, 1.807) is 4.31 Å². The van der Waals surface area contributed by atoms with Gasteiger partial charge >= 0.3 is 0 Å². The summed E-state index contributed by atoms with van der Waals surface area (Å²) in [6, 6.07) is 1.97. The van der Waals surface area contributed by atoms with Crippen molar-refractivity contribution in [2.75, 3.05) is 16.6 Å². The summed E-state index contributed by atoms with van der Waals surface area (Å²) in [5.74, 6) is 0.232. The van der Waals surface area contributed by atoms with E-state index >= 15 is 0 Å². The quantitative estimate of drug-likeness (QED) is 0.853. The summed E-state index contributed by atoms with van der Waals surface area (Å²) >= 11 is 0. The molecule has 0 atom stereocenters. The van der Waals surface area contributed by atoms with E-state index < -0.39 is 10.0 Å². The summed E-state index contributed by atoms with van der Waals surface area (Å²) in [7, 11) is -3.20. The molecule has 5 heteroatoms. The van der Waals surface area contributed by atoms with Gasteiger partial charge in [-0.25, -0.2) is 8.42 Å². The van der Waals surface area contributed by atoms with Gasteiger partial charge in [-0.05, 0) is 44.7 Å². The predicted molar refractivity (Wildman–Crippen MR) is 78.1 cm³/mol. The van der Waals surface area contributed by atoms with Crippen molar-refractivity contribution >= 4 is 15.7 Å². The lowest BCUT2D eigenvalue weighted by atomic mass is 10.1. The zero-order valence-corrected chi connectivity index (χ0v) is 12.8. The molecule has 0 saturated carbocycles. The van der Waals surface area contributed by atoms with Crippen molar-refractivity contribution in [1.82, 2.24) is 4.98 Å². The van der Waals surface area contributed by atoms with Crippen LogP contribution in [0.15, 0.2) is 6.07 Å². The maximum absolute atomic E-state index is 12.4. The second kappa shape index (κ2) is 5.49. The normalized spacial score (nSPS) is 15.4. The molecule has 0 N–H and O–H groups in total. The van der Waals surface area contributed by atoms with E-state index in [0.29, 0.717) is 13.0 Å². The molecule has 0 bridgehead atoms. The first-order chi connectivity index (χ1) is 8.95. The molecule has 0 amide bonds. The molecule has 0 aromatic carbocycles. The maximum atomic E-state index is 12.4. The van der Waals surface area contributed by atoms with Crippen LogP contribution in [-0.2, 0) is 16.4 Å². The average Bonchev–Trinajstić information content (AvgIpc) is 2.37. The number of rotatable bonds is 4. The molecule has 0 spiro atoms. The number of anilines is 1. The van der Waals surface area contributed by atoms with Crippen molar-refractivity contribution in [2.45, 2.75) is 46.5 Å². The van der Waals surface area contributed by atoms with Gasteiger partial charge < -0.3 is 0 Å². The maximum Gasteiger partial charge on any atom is 0.235 e. The predicted octanol–water partition coefficient (Wildman–Crippen LogP) is 2.58. The molecule has 0 aliphatic carbocycles. The fourth-order valence-corrected chi connectivity index (χ4v) is 4.12. The molecule has 106 valence electrons. The standard InChI is InChI=1S/C14H22N2O2S/c1-4-5-9-19(17,18)16-8-6-7-13-14(16)10-11(2)12(3)15-13/h10H,4-9H2,1-3H3. The third-order valence-corrected chi connectivity index (χ3v) is 5.51. The van der Waals surface area contributed by atoms with Gasteiger partial charge in [-0.15, -0.1) is 0 Å². The van der Waals surface area contributed by atoms with Crippen molar-refractivity contribution in [2.24, 2.45) is 0 Å². The van der Waals surface area contributed by atoms with Crippen LogP contribution in [0.25, 0.3) is 0 Å². The van der Waals surface area contributed by atoms with Crippen LogP contribution in [0.3, 0.4) is 0 Å². The van der Waals surface area contributed by atoms with E-state index in [4.69, 9.17) is 0 Å². The van der Waals surface area contributed by atoms with Gasteiger partial charge in [0, 0.05) is 12.2 Å². The highest BCUT2D eigenvalue weighted by Gasteiger charge is 2.28. The van der Waals surface area contributed by atoms with Crippen LogP contribution >= 0.6 is 0 Å². The van der Waals surface area contributed by atoms with E-state index in [1.165, 1.54) is 0 Å². The van der Waals surface area contributed by atoms with Crippen LogP contribution in [-0.4, -0.2) is 25.7 Å². The summed E-state index contributed by atoms with van der Waals surface area (Å²) in [4.78, 5) is 4.55. The monoisotopic (exact) mass is 282 g/mol. The molecule has 19 heavy (non-hydrogen) atoms. The average molecular weight is 282 g/mol. The lowest BCUT2D eigenvalue weighted by molar-refractivity contribution is 0.582. The van der Waals surface area contributed by atoms with Crippen LogP contribution in [0, 0.1) is 13.8 Å². The van der Waals surface area contributed by atoms with Crippen molar-refractivity contribution in [3.63, 3.8) is 0 Å². The molecule has 0 fully saturated rings. The Balaban J connectivity index is 2.39. The Morgan fingerprint density at radius 2 is 2.11 bits per heavy atom. The number of hydrogen-bond donors (Lipinski definition) is 0. The fourth-order valence-electron chi connectivity index (χ4n) is 2.38. The largest absolute Gasteiger partial charge is 0.268 e. The minimum atomic E-state index is -3.20. The number of hydrogen-bond acceptors (Lipinski definition) is 3. The van der Waals surface area contributed by atoms with Crippen molar-refractivity contribution < 1.29 is 8.42 Å². The van der Waals surface area contributed by atoms with Crippen molar-refractivity contribution in [3.05, 3.63) is 23.0 Å². The minimum Gasteiger partial charge on any atom is -0.268 e. The van der Waals surface area contributed by atoms with Gasteiger partial charge in [-0.3, -0.25) is 9.29 Å². The number of aromatic nitrogens is 1. The number of pyridine rings is 1. The summed E-state index contributed by atoms with van der Waals surface area (Å²) in [5.41, 5.74) is 3.77. The lowest BCUT2D eigenvalue weighted by Gasteiger charge is -2.30. The zero-order chi connectivity index (χ0) is 14.0. The zero-order valence-electron chi connectivity index (χ0n) is 11.9. The Bertz CT molecular complexity index is 567. The molecular weight excluding hydrogens is 260 g/mol. The van der Waals surface area contributed by atoms with Gasteiger partial charge in [-0.2, -0.15) is 0 Å². The second-order valence-electron chi connectivity index (χ2n) is 5.20. The second-order valence-corrected chi connectivity index (χ2v) is 7.21. The number of unbranched alkanes of at least 4 members (excludes halogenated alkanes) is 1. The number of nitrogens with zero attached hydrogens (tertiary/aromatic N) is 2. The molecule has 2 rings (SSSR count). The van der Waals surface area contributed by atoms with E-state index in [1.807, 2.05) is 26.8 Å². The Labute approximate surface area is 115 Å². The third kappa shape index (κ3) is 2.91. The van der Waals surface area contributed by atoms with E-state index in [2.05, 4.69) is 4.98 Å². The Morgan fingerprint density at radius 1 is 1.37 bits per heavy atom. The van der Waals surface area contributed by atoms with Crippen molar-refractivity contribution in [3.8, 4) is 0 Å². The van der Waals surface area contributed by atoms with Crippen LogP contribution in [0.1, 0.15) is 43.1 Å². The Hall–Kier alpha value is -1.10. The molecule has 2 heterocycles. The summed E-state index contributed by atoms with van der Waals surface area (Å²) in [6.07, 6.45) is 3.33. The SMILES string of the molecule is CCCCS(=O)(=O)N1CCCc2nc(C)c(C)cc21. The molecule has 0 saturated heterocycles. The first kappa shape index (κ1) is 14.3. The smallest absolute Gasteiger partial charge is 0.235 e. The molecule has 0 unspecified atom stereocenters. The Morgan fingerprint density at radius 3 is 2.79 bits per heavy atom. The van der Waals surface area contributed by atoms with E-state index in [0.717, 1.165) is 41.9 Å². The summed E-state index contributed by atoms with van der Waals surface area (Å²) in [5, 5.41) is 0. The lowest BCUT2D eigenvalue weighted by Crippen LogP contribution is -2.37. The number of aryl methyl sites for hydroxylation is 3. The third-order valence-electron chi connectivity index (χ3n) is 3.66. The van der Waals surface area contributed by atoms with E-state index in [9.17, 15) is 8.42 Å². The molecule has 1 aromatic rings. The highest BCUT2D eigenvalue weighted by molar-refractivity contribution is 7.92. The van der Waals surface area contributed by atoms with Crippen LogP contribution in [0.2, 0.25) is 0 Å². The van der Waals surface area contributed by atoms with Crippen molar-refractivity contribution in [1.29, 1.82) is 0 Å². The first-order valence-corrected chi connectivity index (χ1v) is 8.54. The highest BCUT2D eigenvalue weighted by Crippen LogP contribution is 2.30. The molecule has 1 aromatic heterocycles. The molecule has 1 aliphatic rings. The van der Waals surface area contributed by atoms with Crippen LogP contribution in [0.4, 0.5) is 5.69 Å². The molecule has 1 aliphatic heterocycles. The molecular formula is C14H22N2O2S. The van der Waals surface area contributed by atoms with Gasteiger partial charge in [0.1, 0.15) is 0 Å². The summed E-state index contributed by atoms with van der Waals surface area (Å²) in [6.45, 7) is 6.55. The van der Waals surface area contributed by atoms with Crippen LogP contribution < -0.4 is 4.31 Å². The summed E-state index contributed by atoms with van der Waals surface area (Å²) < 4.78 is 26.4. The number of sulfonamides is 1. The van der Waals surface area contributed by atoms with E-state index in [-0.39, 0.29) is 5.75 Å². The Kier molecular flexibility index (Phi) is 4.13. The van der Waals surface area contributed by atoms with Gasteiger partial charge in [0.05, 0.1) is 17.1 Å². The van der Waals surface area contributed by atoms with Gasteiger partial charge in [-0.1, -0.05) is 13.3 Å². The first-order valence-electron chi connectivity index (χ1n) is 6.93.